The van der Waals surface area contributed by atoms with Crippen molar-refractivity contribution in [1.82, 2.24) is 0 Å². The molecule has 0 radical (unpaired) electrons. The third-order valence-corrected chi connectivity index (χ3v) is 2.31. The lowest BCUT2D eigenvalue weighted by atomic mass is 10.1. The van der Waals surface area contributed by atoms with Gasteiger partial charge in [-0.1, -0.05) is 25.5 Å². The van der Waals surface area contributed by atoms with Crippen LogP contribution in [0.1, 0.15) is 25.3 Å². The lowest BCUT2D eigenvalue weighted by Crippen LogP contribution is -2.35. The topological polar surface area (TPSA) is 75.4 Å². The summed E-state index contributed by atoms with van der Waals surface area (Å²) in [6, 6.07) is 6.61. The maximum Gasteiger partial charge on any atom is 0.241 e. The highest BCUT2D eigenvalue weighted by Gasteiger charge is 2.12. The molecule has 1 rings (SSSR count). The van der Waals surface area contributed by atoms with Crippen molar-refractivity contribution in [3.05, 3.63) is 29.8 Å². The molecule has 4 heteroatoms. The van der Waals surface area contributed by atoms with Crippen LogP contribution in [0.3, 0.4) is 0 Å². The average Bonchev–Trinajstić information content (AvgIpc) is 2.29. The van der Waals surface area contributed by atoms with Crippen molar-refractivity contribution in [3.8, 4) is 0 Å². The molecule has 0 bridgehead atoms. The van der Waals surface area contributed by atoms with E-state index in [1.807, 2.05) is 6.92 Å². The zero-order chi connectivity index (χ0) is 12.0. The number of aliphatic hydroxyl groups excluding tert-OH is 1. The van der Waals surface area contributed by atoms with Gasteiger partial charge in [0.25, 0.3) is 0 Å². The van der Waals surface area contributed by atoms with E-state index in [0.29, 0.717) is 12.1 Å². The van der Waals surface area contributed by atoms with Crippen molar-refractivity contribution in [1.29, 1.82) is 0 Å². The predicted octanol–water partition coefficient (Wildman–Crippen LogP) is 1.24. The third-order valence-electron chi connectivity index (χ3n) is 2.31. The second-order valence-electron chi connectivity index (χ2n) is 3.74. The Bertz CT molecular complexity index is 353. The lowest BCUT2D eigenvalue weighted by molar-refractivity contribution is -0.117. The van der Waals surface area contributed by atoms with E-state index in [1.165, 1.54) is 0 Å². The Morgan fingerprint density at radius 2 is 2.31 bits per heavy atom. The van der Waals surface area contributed by atoms with Gasteiger partial charge in [-0.2, -0.15) is 0 Å². The molecule has 0 saturated heterocycles. The number of hydrogen-bond acceptors (Lipinski definition) is 3. The molecule has 0 aromatic heterocycles. The van der Waals surface area contributed by atoms with E-state index in [-0.39, 0.29) is 12.5 Å². The number of carbonyl (C=O) groups is 1. The summed E-state index contributed by atoms with van der Waals surface area (Å²) < 4.78 is 0. The third kappa shape index (κ3) is 3.64. The van der Waals surface area contributed by atoms with Crippen LogP contribution in [0, 0.1) is 0 Å². The molecule has 1 aromatic carbocycles. The Morgan fingerprint density at radius 1 is 1.56 bits per heavy atom. The predicted molar refractivity (Wildman–Crippen MR) is 63.9 cm³/mol. The minimum atomic E-state index is -0.470. The van der Waals surface area contributed by atoms with E-state index >= 15 is 0 Å². The molecule has 0 aliphatic heterocycles. The maximum atomic E-state index is 11.6. The van der Waals surface area contributed by atoms with Crippen LogP contribution in [0.25, 0.3) is 0 Å². The molecule has 1 aromatic rings. The van der Waals surface area contributed by atoms with Crippen molar-refractivity contribution in [2.24, 2.45) is 5.73 Å². The maximum absolute atomic E-state index is 11.6. The molecule has 0 aliphatic rings. The largest absolute Gasteiger partial charge is 0.392 e. The molecule has 16 heavy (non-hydrogen) atoms. The number of aliphatic hydroxyl groups is 1. The first-order chi connectivity index (χ1) is 7.67. The van der Waals surface area contributed by atoms with E-state index in [1.54, 1.807) is 24.3 Å². The van der Waals surface area contributed by atoms with Crippen molar-refractivity contribution in [2.45, 2.75) is 32.4 Å². The molecule has 1 atom stereocenters. The molecule has 0 saturated carbocycles. The Hall–Kier alpha value is -1.39. The number of nitrogens with two attached hydrogens (primary N) is 1. The minimum Gasteiger partial charge on any atom is -0.392 e. The van der Waals surface area contributed by atoms with Gasteiger partial charge in [-0.05, 0) is 24.1 Å². The van der Waals surface area contributed by atoms with Crippen LogP contribution in [0.4, 0.5) is 5.69 Å². The molecule has 88 valence electrons. The standard InChI is InChI=1S/C12H18N2O2/c1-2-4-11(13)12(16)14-10-6-3-5-9(7-10)8-15/h3,5-7,11,15H,2,4,8,13H2,1H3,(H,14,16)/t11-/m0/s1. The smallest absolute Gasteiger partial charge is 0.241 e. The number of amides is 1. The van der Waals surface area contributed by atoms with Crippen LogP contribution in [0.5, 0.6) is 0 Å². The zero-order valence-corrected chi connectivity index (χ0v) is 9.44. The van der Waals surface area contributed by atoms with Gasteiger partial charge in [-0.15, -0.1) is 0 Å². The molecule has 0 aliphatic carbocycles. The molecular formula is C12H18N2O2. The second kappa shape index (κ2) is 6.25. The first-order valence-electron chi connectivity index (χ1n) is 5.43. The Balaban J connectivity index is 2.61. The lowest BCUT2D eigenvalue weighted by Gasteiger charge is -2.11. The fraction of sp³-hybridized carbons (Fsp3) is 0.417. The number of nitrogens with one attached hydrogen (secondary N) is 1. The van der Waals surface area contributed by atoms with E-state index in [2.05, 4.69) is 5.32 Å². The van der Waals surface area contributed by atoms with E-state index in [4.69, 9.17) is 10.8 Å². The van der Waals surface area contributed by atoms with Gasteiger partial charge in [0, 0.05) is 5.69 Å². The van der Waals surface area contributed by atoms with Crippen LogP contribution in [-0.4, -0.2) is 17.1 Å². The van der Waals surface area contributed by atoms with Crippen molar-refractivity contribution in [3.63, 3.8) is 0 Å². The van der Waals surface area contributed by atoms with Crippen LogP contribution in [-0.2, 0) is 11.4 Å². The second-order valence-corrected chi connectivity index (χ2v) is 3.74. The van der Waals surface area contributed by atoms with Gasteiger partial charge >= 0.3 is 0 Å². The highest BCUT2D eigenvalue weighted by atomic mass is 16.3. The number of rotatable bonds is 5. The number of hydrogen-bond donors (Lipinski definition) is 3. The zero-order valence-electron chi connectivity index (χ0n) is 9.44. The minimum absolute atomic E-state index is 0.0370. The summed E-state index contributed by atoms with van der Waals surface area (Å²) in [4.78, 5) is 11.6. The average molecular weight is 222 g/mol. The van der Waals surface area contributed by atoms with Gasteiger partial charge in [0.15, 0.2) is 0 Å². The molecule has 0 unspecified atom stereocenters. The van der Waals surface area contributed by atoms with Crippen LogP contribution < -0.4 is 11.1 Å². The molecule has 4 N–H and O–H groups in total. The molecule has 0 fully saturated rings. The van der Waals surface area contributed by atoms with E-state index in [9.17, 15) is 4.79 Å². The highest BCUT2D eigenvalue weighted by molar-refractivity contribution is 5.94. The summed E-state index contributed by atoms with van der Waals surface area (Å²) in [7, 11) is 0. The number of benzene rings is 1. The fourth-order valence-corrected chi connectivity index (χ4v) is 1.42. The van der Waals surface area contributed by atoms with Crippen molar-refractivity contribution < 1.29 is 9.90 Å². The van der Waals surface area contributed by atoms with Crippen molar-refractivity contribution >= 4 is 11.6 Å². The van der Waals surface area contributed by atoms with Gasteiger partial charge in [-0.25, -0.2) is 0 Å². The fourth-order valence-electron chi connectivity index (χ4n) is 1.42. The number of carbonyl (C=O) groups excluding carboxylic acids is 1. The Labute approximate surface area is 95.5 Å². The van der Waals surface area contributed by atoms with Crippen LogP contribution in [0.15, 0.2) is 24.3 Å². The van der Waals surface area contributed by atoms with Crippen molar-refractivity contribution in [2.75, 3.05) is 5.32 Å². The molecule has 0 spiro atoms. The Morgan fingerprint density at radius 3 is 2.94 bits per heavy atom. The SMILES string of the molecule is CCC[C@H](N)C(=O)Nc1cccc(CO)c1. The van der Waals surface area contributed by atoms with Crippen LogP contribution >= 0.6 is 0 Å². The summed E-state index contributed by atoms with van der Waals surface area (Å²) >= 11 is 0. The summed E-state index contributed by atoms with van der Waals surface area (Å²) in [6.45, 7) is 1.95. The van der Waals surface area contributed by atoms with Crippen LogP contribution in [0.2, 0.25) is 0 Å². The quantitative estimate of drug-likeness (QED) is 0.701. The van der Waals surface area contributed by atoms with Gasteiger partial charge in [0.05, 0.1) is 12.6 Å². The normalized spacial score (nSPS) is 12.2. The first-order valence-corrected chi connectivity index (χ1v) is 5.43. The molecule has 4 nitrogen and oxygen atoms in total. The first kappa shape index (κ1) is 12.7. The van der Waals surface area contributed by atoms with E-state index < -0.39 is 6.04 Å². The summed E-state index contributed by atoms with van der Waals surface area (Å²) in [6.07, 6.45) is 1.55. The molecular weight excluding hydrogens is 204 g/mol. The van der Waals surface area contributed by atoms with Gasteiger partial charge < -0.3 is 16.2 Å². The molecule has 1 amide bonds. The summed E-state index contributed by atoms with van der Waals surface area (Å²) in [5.41, 5.74) is 7.12. The monoisotopic (exact) mass is 222 g/mol. The highest BCUT2D eigenvalue weighted by Crippen LogP contribution is 2.11. The van der Waals surface area contributed by atoms with Gasteiger partial charge in [0.1, 0.15) is 0 Å². The number of anilines is 1. The van der Waals surface area contributed by atoms with E-state index in [0.717, 1.165) is 12.0 Å². The summed E-state index contributed by atoms with van der Waals surface area (Å²) in [5.74, 6) is -0.183. The van der Waals surface area contributed by atoms with Gasteiger partial charge in [0.2, 0.25) is 5.91 Å². The summed E-state index contributed by atoms with van der Waals surface area (Å²) in [5, 5.41) is 11.7. The van der Waals surface area contributed by atoms with Gasteiger partial charge in [-0.3, -0.25) is 4.79 Å². The Kier molecular flexibility index (Phi) is 4.95. The molecule has 0 heterocycles.